The van der Waals surface area contributed by atoms with Crippen LogP contribution in [0.5, 0.6) is 0 Å². The fourth-order valence-corrected chi connectivity index (χ4v) is 2.15. The summed E-state index contributed by atoms with van der Waals surface area (Å²) >= 11 is 0. The number of nitrogens with one attached hydrogen (secondary N) is 2. The van der Waals surface area contributed by atoms with Gasteiger partial charge in [-0.05, 0) is 24.6 Å². The van der Waals surface area contributed by atoms with Crippen LogP contribution in [0.25, 0.3) is 5.69 Å². The van der Waals surface area contributed by atoms with Gasteiger partial charge < -0.3 is 10.6 Å². The number of benzene rings is 1. The van der Waals surface area contributed by atoms with Crippen molar-refractivity contribution in [2.75, 3.05) is 13.1 Å². The third kappa shape index (κ3) is 2.55. The summed E-state index contributed by atoms with van der Waals surface area (Å²) in [5, 5.41) is 10.2. The summed E-state index contributed by atoms with van der Waals surface area (Å²) < 4.78 is 1.70. The molecule has 6 heteroatoms. The Kier molecular flexibility index (Phi) is 3.47. The lowest BCUT2D eigenvalue weighted by Gasteiger charge is -2.27. The standard InChI is InChI=1S/C14H17N5O/c1-10(18-14(20)12-6-15-7-12)11-2-4-13(5-3-11)19-9-16-8-17-19/h2-5,8-10,12,15H,6-7H2,1H3,(H,18,20). The normalized spacial score (nSPS) is 16.4. The van der Waals surface area contributed by atoms with Gasteiger partial charge in [-0.25, -0.2) is 9.67 Å². The summed E-state index contributed by atoms with van der Waals surface area (Å²) in [5.41, 5.74) is 2.03. The van der Waals surface area contributed by atoms with Crippen LogP contribution in [0.4, 0.5) is 0 Å². The zero-order chi connectivity index (χ0) is 13.9. The first kappa shape index (κ1) is 12.8. The van der Waals surface area contributed by atoms with Crippen LogP contribution in [0, 0.1) is 5.92 Å². The number of hydrogen-bond donors (Lipinski definition) is 2. The van der Waals surface area contributed by atoms with Crippen LogP contribution in [0.3, 0.4) is 0 Å². The van der Waals surface area contributed by atoms with E-state index in [9.17, 15) is 4.79 Å². The molecule has 1 aliphatic heterocycles. The van der Waals surface area contributed by atoms with E-state index in [1.807, 2.05) is 31.2 Å². The molecule has 0 bridgehead atoms. The van der Waals surface area contributed by atoms with E-state index in [1.54, 1.807) is 11.0 Å². The van der Waals surface area contributed by atoms with Crippen molar-refractivity contribution in [3.8, 4) is 5.69 Å². The highest BCUT2D eigenvalue weighted by molar-refractivity contribution is 5.80. The van der Waals surface area contributed by atoms with Crippen molar-refractivity contribution in [3.05, 3.63) is 42.5 Å². The molecule has 104 valence electrons. The van der Waals surface area contributed by atoms with Crippen molar-refractivity contribution in [1.29, 1.82) is 0 Å². The molecule has 1 fully saturated rings. The Balaban J connectivity index is 1.66. The molecule has 1 saturated heterocycles. The number of carbonyl (C=O) groups is 1. The third-order valence-electron chi connectivity index (χ3n) is 3.59. The second-order valence-corrected chi connectivity index (χ2v) is 5.02. The maximum Gasteiger partial charge on any atom is 0.226 e. The van der Waals surface area contributed by atoms with Crippen molar-refractivity contribution in [1.82, 2.24) is 25.4 Å². The SMILES string of the molecule is CC(NC(=O)C1CNC1)c1ccc(-n2cncn2)cc1. The largest absolute Gasteiger partial charge is 0.349 e. The minimum Gasteiger partial charge on any atom is -0.349 e. The minimum atomic E-state index is 0.00731. The average Bonchev–Trinajstić information content (AvgIpc) is 2.90. The maximum atomic E-state index is 11.9. The van der Waals surface area contributed by atoms with E-state index in [2.05, 4.69) is 20.7 Å². The second kappa shape index (κ2) is 5.42. The quantitative estimate of drug-likeness (QED) is 0.857. The summed E-state index contributed by atoms with van der Waals surface area (Å²) in [6.45, 7) is 3.56. The Morgan fingerprint density at radius 2 is 2.15 bits per heavy atom. The predicted molar refractivity (Wildman–Crippen MR) is 74.3 cm³/mol. The molecule has 1 aliphatic rings. The Labute approximate surface area is 117 Å². The van der Waals surface area contributed by atoms with E-state index in [-0.39, 0.29) is 17.9 Å². The van der Waals surface area contributed by atoms with Gasteiger partial charge in [-0.3, -0.25) is 4.79 Å². The molecule has 1 unspecified atom stereocenters. The number of carbonyl (C=O) groups excluding carboxylic acids is 1. The molecule has 6 nitrogen and oxygen atoms in total. The molecule has 2 heterocycles. The number of aromatic nitrogens is 3. The first-order chi connectivity index (χ1) is 9.74. The van der Waals surface area contributed by atoms with Crippen LogP contribution in [-0.4, -0.2) is 33.8 Å². The van der Waals surface area contributed by atoms with Gasteiger partial charge in [0.05, 0.1) is 17.6 Å². The molecular weight excluding hydrogens is 254 g/mol. The molecule has 0 spiro atoms. The zero-order valence-electron chi connectivity index (χ0n) is 11.3. The minimum absolute atomic E-state index is 0.00731. The van der Waals surface area contributed by atoms with E-state index in [4.69, 9.17) is 0 Å². The van der Waals surface area contributed by atoms with Gasteiger partial charge in [0, 0.05) is 13.1 Å². The van der Waals surface area contributed by atoms with Crippen LogP contribution < -0.4 is 10.6 Å². The molecule has 1 aromatic heterocycles. The molecule has 1 atom stereocenters. The fourth-order valence-electron chi connectivity index (χ4n) is 2.15. The Hall–Kier alpha value is -2.21. The Bertz CT molecular complexity index is 574. The monoisotopic (exact) mass is 271 g/mol. The van der Waals surface area contributed by atoms with Gasteiger partial charge in [-0.15, -0.1) is 0 Å². The van der Waals surface area contributed by atoms with E-state index >= 15 is 0 Å². The third-order valence-corrected chi connectivity index (χ3v) is 3.59. The van der Waals surface area contributed by atoms with Gasteiger partial charge in [0.25, 0.3) is 0 Å². The number of amides is 1. The number of hydrogen-bond acceptors (Lipinski definition) is 4. The van der Waals surface area contributed by atoms with Gasteiger partial charge in [0.1, 0.15) is 12.7 Å². The van der Waals surface area contributed by atoms with Gasteiger partial charge in [-0.2, -0.15) is 5.10 Å². The van der Waals surface area contributed by atoms with Crippen molar-refractivity contribution in [2.45, 2.75) is 13.0 Å². The summed E-state index contributed by atoms with van der Waals surface area (Å²) in [6, 6.07) is 7.95. The highest BCUT2D eigenvalue weighted by atomic mass is 16.2. The number of nitrogens with zero attached hydrogens (tertiary/aromatic N) is 3. The van der Waals surface area contributed by atoms with E-state index in [0.29, 0.717) is 0 Å². The summed E-state index contributed by atoms with van der Waals surface area (Å²) in [6.07, 6.45) is 3.16. The Morgan fingerprint density at radius 3 is 2.70 bits per heavy atom. The lowest BCUT2D eigenvalue weighted by Crippen LogP contribution is -2.51. The van der Waals surface area contributed by atoms with Gasteiger partial charge >= 0.3 is 0 Å². The van der Waals surface area contributed by atoms with Crippen LogP contribution >= 0.6 is 0 Å². The molecule has 2 N–H and O–H groups in total. The van der Waals surface area contributed by atoms with Gasteiger partial charge in [0.15, 0.2) is 0 Å². The first-order valence-corrected chi connectivity index (χ1v) is 6.70. The highest BCUT2D eigenvalue weighted by Gasteiger charge is 2.25. The molecule has 1 aromatic carbocycles. The maximum absolute atomic E-state index is 11.9. The first-order valence-electron chi connectivity index (χ1n) is 6.70. The highest BCUT2D eigenvalue weighted by Crippen LogP contribution is 2.16. The molecule has 20 heavy (non-hydrogen) atoms. The van der Waals surface area contributed by atoms with Crippen molar-refractivity contribution >= 4 is 5.91 Å². The molecule has 0 saturated carbocycles. The topological polar surface area (TPSA) is 71.8 Å². The predicted octanol–water partition coefficient (Wildman–Crippen LogP) is 0.664. The molecule has 0 aliphatic carbocycles. The zero-order valence-corrected chi connectivity index (χ0v) is 11.3. The van der Waals surface area contributed by atoms with Crippen molar-refractivity contribution in [3.63, 3.8) is 0 Å². The molecule has 2 aromatic rings. The molecule has 1 amide bonds. The van der Waals surface area contributed by atoms with E-state index in [1.165, 1.54) is 6.33 Å². The van der Waals surface area contributed by atoms with E-state index in [0.717, 1.165) is 24.3 Å². The second-order valence-electron chi connectivity index (χ2n) is 5.02. The summed E-state index contributed by atoms with van der Waals surface area (Å²) in [7, 11) is 0. The van der Waals surface area contributed by atoms with Crippen molar-refractivity contribution < 1.29 is 4.79 Å². The summed E-state index contributed by atoms with van der Waals surface area (Å²) in [5.74, 6) is 0.239. The van der Waals surface area contributed by atoms with E-state index < -0.39 is 0 Å². The molecule has 3 rings (SSSR count). The fraction of sp³-hybridized carbons (Fsp3) is 0.357. The van der Waals surface area contributed by atoms with Crippen LogP contribution in [0.15, 0.2) is 36.9 Å². The Morgan fingerprint density at radius 1 is 1.40 bits per heavy atom. The van der Waals surface area contributed by atoms with Crippen LogP contribution in [0.1, 0.15) is 18.5 Å². The molecular formula is C14H17N5O. The lowest BCUT2D eigenvalue weighted by molar-refractivity contribution is -0.127. The van der Waals surface area contributed by atoms with Gasteiger partial charge in [0.2, 0.25) is 5.91 Å². The van der Waals surface area contributed by atoms with Crippen LogP contribution in [-0.2, 0) is 4.79 Å². The lowest BCUT2D eigenvalue weighted by atomic mass is 10.0. The smallest absolute Gasteiger partial charge is 0.226 e. The van der Waals surface area contributed by atoms with Gasteiger partial charge in [-0.1, -0.05) is 12.1 Å². The molecule has 0 radical (unpaired) electrons. The van der Waals surface area contributed by atoms with Crippen molar-refractivity contribution in [2.24, 2.45) is 5.92 Å². The average molecular weight is 271 g/mol. The summed E-state index contributed by atoms with van der Waals surface area (Å²) in [4.78, 5) is 15.8. The number of rotatable bonds is 4. The van der Waals surface area contributed by atoms with Crippen LogP contribution in [0.2, 0.25) is 0 Å².